The summed E-state index contributed by atoms with van der Waals surface area (Å²) in [6, 6.07) is 16.2. The van der Waals surface area contributed by atoms with Gasteiger partial charge in [-0.3, -0.25) is 4.79 Å². The van der Waals surface area contributed by atoms with E-state index in [1.54, 1.807) is 37.5 Å². The highest BCUT2D eigenvalue weighted by Crippen LogP contribution is 2.30. The molecule has 142 valence electrons. The summed E-state index contributed by atoms with van der Waals surface area (Å²) in [4.78, 5) is 21.4. The van der Waals surface area contributed by atoms with Crippen molar-refractivity contribution in [1.29, 1.82) is 0 Å². The Kier molecular flexibility index (Phi) is 6.24. The Bertz CT molecular complexity index is 993. The number of rotatable bonds is 7. The second kappa shape index (κ2) is 9.01. The van der Waals surface area contributed by atoms with Crippen molar-refractivity contribution < 1.29 is 9.53 Å². The largest absolute Gasteiger partial charge is 0.495 e. The third kappa shape index (κ3) is 4.66. The molecule has 3 aromatic rings. The standard InChI is InChI=1S/C21H19ClN4O2/c1-3-11-23-21(27)17-13-19(24-16-12-15(22)9-10-18(16)28-2)26-20(25-17)14-7-5-4-6-8-14/h3-10,12-13H,1,11H2,2H3,(H,23,27)(H,24,25,26). The van der Waals surface area contributed by atoms with Gasteiger partial charge in [0, 0.05) is 23.2 Å². The highest BCUT2D eigenvalue weighted by Gasteiger charge is 2.14. The van der Waals surface area contributed by atoms with Crippen molar-refractivity contribution in [3.8, 4) is 17.1 Å². The van der Waals surface area contributed by atoms with Crippen molar-refractivity contribution in [3.63, 3.8) is 0 Å². The number of benzene rings is 2. The predicted molar refractivity (Wildman–Crippen MR) is 111 cm³/mol. The molecule has 7 heteroatoms. The quantitative estimate of drug-likeness (QED) is 0.578. The summed E-state index contributed by atoms with van der Waals surface area (Å²) in [6.45, 7) is 3.95. The molecular weight excluding hydrogens is 376 g/mol. The van der Waals surface area contributed by atoms with Gasteiger partial charge in [0.1, 0.15) is 17.3 Å². The minimum absolute atomic E-state index is 0.235. The molecule has 1 aromatic heterocycles. The average Bonchev–Trinajstić information content (AvgIpc) is 2.72. The van der Waals surface area contributed by atoms with Crippen molar-refractivity contribution in [3.05, 3.63) is 78.0 Å². The molecule has 0 spiro atoms. The smallest absolute Gasteiger partial charge is 0.270 e. The maximum absolute atomic E-state index is 12.4. The molecule has 0 saturated heterocycles. The molecule has 0 fully saturated rings. The van der Waals surface area contributed by atoms with Crippen molar-refractivity contribution in [1.82, 2.24) is 15.3 Å². The molecule has 3 rings (SSSR count). The molecule has 2 N–H and O–H groups in total. The van der Waals surface area contributed by atoms with Crippen LogP contribution in [0.3, 0.4) is 0 Å². The SMILES string of the molecule is C=CCNC(=O)c1cc(Nc2cc(Cl)ccc2OC)nc(-c2ccccc2)n1. The molecule has 0 aliphatic heterocycles. The van der Waals surface area contributed by atoms with E-state index in [-0.39, 0.29) is 11.6 Å². The number of ether oxygens (including phenoxy) is 1. The predicted octanol–water partition coefficient (Wildman–Crippen LogP) is 4.47. The van der Waals surface area contributed by atoms with Crippen LogP contribution >= 0.6 is 11.6 Å². The lowest BCUT2D eigenvalue weighted by molar-refractivity contribution is 0.0953. The molecule has 6 nitrogen and oxygen atoms in total. The van der Waals surface area contributed by atoms with E-state index in [9.17, 15) is 4.79 Å². The molecule has 0 aliphatic carbocycles. The van der Waals surface area contributed by atoms with Crippen LogP contribution in [0.1, 0.15) is 10.5 Å². The highest BCUT2D eigenvalue weighted by molar-refractivity contribution is 6.31. The number of aromatic nitrogens is 2. The summed E-state index contributed by atoms with van der Waals surface area (Å²) in [5.74, 6) is 1.15. The molecule has 0 unspecified atom stereocenters. The van der Waals surface area contributed by atoms with Crippen LogP contribution in [0.25, 0.3) is 11.4 Å². The van der Waals surface area contributed by atoms with E-state index in [1.807, 2.05) is 30.3 Å². The first kappa shape index (κ1) is 19.4. The van der Waals surface area contributed by atoms with Gasteiger partial charge in [-0.15, -0.1) is 6.58 Å². The van der Waals surface area contributed by atoms with E-state index in [2.05, 4.69) is 27.2 Å². The molecule has 28 heavy (non-hydrogen) atoms. The van der Waals surface area contributed by atoms with Crippen LogP contribution < -0.4 is 15.4 Å². The van der Waals surface area contributed by atoms with Crippen LogP contribution in [-0.2, 0) is 0 Å². The lowest BCUT2D eigenvalue weighted by Crippen LogP contribution is -2.24. The lowest BCUT2D eigenvalue weighted by Gasteiger charge is -2.13. The first-order chi connectivity index (χ1) is 13.6. The van der Waals surface area contributed by atoms with Crippen LogP contribution in [0.5, 0.6) is 5.75 Å². The Morgan fingerprint density at radius 2 is 1.96 bits per heavy atom. The van der Waals surface area contributed by atoms with Gasteiger partial charge in [-0.1, -0.05) is 48.0 Å². The van der Waals surface area contributed by atoms with Gasteiger partial charge < -0.3 is 15.4 Å². The van der Waals surface area contributed by atoms with Gasteiger partial charge in [0.25, 0.3) is 5.91 Å². The van der Waals surface area contributed by atoms with E-state index in [4.69, 9.17) is 16.3 Å². The molecule has 0 aliphatic rings. The van der Waals surface area contributed by atoms with Gasteiger partial charge in [-0.25, -0.2) is 9.97 Å². The van der Waals surface area contributed by atoms with Gasteiger partial charge >= 0.3 is 0 Å². The Hall–Kier alpha value is -3.38. The van der Waals surface area contributed by atoms with Crippen molar-refractivity contribution >= 4 is 29.0 Å². The van der Waals surface area contributed by atoms with Crippen molar-refractivity contribution in [2.75, 3.05) is 19.0 Å². The molecule has 0 saturated carbocycles. The number of amides is 1. The zero-order valence-electron chi connectivity index (χ0n) is 15.3. The summed E-state index contributed by atoms with van der Waals surface area (Å²) in [5.41, 5.74) is 1.66. The number of carbonyl (C=O) groups is 1. The maximum atomic E-state index is 12.4. The topological polar surface area (TPSA) is 76.1 Å². The first-order valence-corrected chi connectivity index (χ1v) is 8.92. The van der Waals surface area contributed by atoms with E-state index in [0.717, 1.165) is 5.56 Å². The van der Waals surface area contributed by atoms with Crippen LogP contribution in [-0.4, -0.2) is 29.5 Å². The zero-order chi connectivity index (χ0) is 19.9. The fraction of sp³-hybridized carbons (Fsp3) is 0.0952. The van der Waals surface area contributed by atoms with Gasteiger partial charge in [0.15, 0.2) is 5.82 Å². The average molecular weight is 395 g/mol. The number of nitrogens with zero attached hydrogens (tertiary/aromatic N) is 2. The third-order valence-electron chi connectivity index (χ3n) is 3.82. The highest BCUT2D eigenvalue weighted by atomic mass is 35.5. The number of halogens is 1. The number of hydrogen-bond acceptors (Lipinski definition) is 5. The van der Waals surface area contributed by atoms with Crippen molar-refractivity contribution in [2.45, 2.75) is 0 Å². The minimum Gasteiger partial charge on any atom is -0.495 e. The van der Waals surface area contributed by atoms with Crippen molar-refractivity contribution in [2.24, 2.45) is 0 Å². The normalized spacial score (nSPS) is 10.2. The summed E-state index contributed by atoms with van der Waals surface area (Å²) >= 11 is 6.10. The van der Waals surface area contributed by atoms with Gasteiger partial charge in [0.05, 0.1) is 12.8 Å². The Morgan fingerprint density at radius 1 is 1.18 bits per heavy atom. The number of carbonyl (C=O) groups excluding carboxylic acids is 1. The molecule has 1 heterocycles. The molecule has 0 radical (unpaired) electrons. The number of anilines is 2. The summed E-state index contributed by atoms with van der Waals surface area (Å²) in [7, 11) is 1.57. The maximum Gasteiger partial charge on any atom is 0.270 e. The van der Waals surface area contributed by atoms with Crippen LogP contribution in [0.2, 0.25) is 5.02 Å². The summed E-state index contributed by atoms with van der Waals surface area (Å²) in [6.07, 6.45) is 1.60. The monoisotopic (exact) mass is 394 g/mol. The van der Waals surface area contributed by atoms with E-state index >= 15 is 0 Å². The van der Waals surface area contributed by atoms with Gasteiger partial charge in [0.2, 0.25) is 0 Å². The molecule has 2 aromatic carbocycles. The fourth-order valence-corrected chi connectivity index (χ4v) is 2.69. The molecule has 0 bridgehead atoms. The Morgan fingerprint density at radius 3 is 2.68 bits per heavy atom. The lowest BCUT2D eigenvalue weighted by atomic mass is 10.2. The Balaban J connectivity index is 2.03. The fourth-order valence-electron chi connectivity index (χ4n) is 2.52. The zero-order valence-corrected chi connectivity index (χ0v) is 16.0. The first-order valence-electron chi connectivity index (χ1n) is 8.55. The number of hydrogen-bond donors (Lipinski definition) is 2. The number of methoxy groups -OCH3 is 1. The van der Waals surface area contributed by atoms with E-state index in [0.29, 0.717) is 34.6 Å². The second-order valence-corrected chi connectivity index (χ2v) is 6.23. The van der Waals surface area contributed by atoms with Crippen LogP contribution in [0, 0.1) is 0 Å². The summed E-state index contributed by atoms with van der Waals surface area (Å²) in [5, 5.41) is 6.44. The summed E-state index contributed by atoms with van der Waals surface area (Å²) < 4.78 is 5.36. The third-order valence-corrected chi connectivity index (χ3v) is 4.06. The van der Waals surface area contributed by atoms with Crippen LogP contribution in [0.4, 0.5) is 11.5 Å². The molecule has 1 amide bonds. The van der Waals surface area contributed by atoms with Crippen LogP contribution in [0.15, 0.2) is 67.3 Å². The molecular formula is C21H19ClN4O2. The van der Waals surface area contributed by atoms with Gasteiger partial charge in [-0.2, -0.15) is 0 Å². The molecule has 0 atom stereocenters. The second-order valence-electron chi connectivity index (χ2n) is 5.80. The minimum atomic E-state index is -0.319. The Labute approximate surface area is 168 Å². The van der Waals surface area contributed by atoms with E-state index in [1.165, 1.54) is 0 Å². The van der Waals surface area contributed by atoms with Gasteiger partial charge in [-0.05, 0) is 18.2 Å². The van der Waals surface area contributed by atoms with E-state index < -0.39 is 0 Å². The number of nitrogens with one attached hydrogen (secondary N) is 2.